The molecule has 2 rings (SSSR count). The van der Waals surface area contributed by atoms with Crippen LogP contribution in [0.3, 0.4) is 0 Å². The second-order valence-electron chi connectivity index (χ2n) is 4.15. The number of ether oxygens (including phenoxy) is 1. The van der Waals surface area contributed by atoms with Gasteiger partial charge in [-0.2, -0.15) is 0 Å². The summed E-state index contributed by atoms with van der Waals surface area (Å²) in [7, 11) is 0. The molecule has 0 heterocycles. The van der Waals surface area contributed by atoms with Gasteiger partial charge in [-0.15, -0.1) is 0 Å². The molecule has 21 heavy (non-hydrogen) atoms. The molecular weight excluding hydrogens is 278 g/mol. The Labute approximate surface area is 119 Å². The maximum atomic E-state index is 11.0. The van der Waals surface area contributed by atoms with Crippen LogP contribution >= 0.6 is 0 Å². The lowest BCUT2D eigenvalue weighted by molar-refractivity contribution is -0.385. The number of benzene rings is 2. The molecular formula is C14H11NO6. The van der Waals surface area contributed by atoms with Gasteiger partial charge in [0.1, 0.15) is 5.75 Å². The van der Waals surface area contributed by atoms with E-state index in [-0.39, 0.29) is 17.9 Å². The van der Waals surface area contributed by atoms with Gasteiger partial charge in [-0.1, -0.05) is 12.1 Å². The van der Waals surface area contributed by atoms with E-state index in [2.05, 4.69) is 0 Å². The van der Waals surface area contributed by atoms with Crippen LogP contribution in [0.4, 0.5) is 5.69 Å². The molecule has 0 atom stereocenters. The van der Waals surface area contributed by atoms with Crippen LogP contribution in [-0.2, 0) is 6.61 Å². The Morgan fingerprint density at radius 3 is 2.38 bits per heavy atom. The van der Waals surface area contributed by atoms with Gasteiger partial charge in [0.15, 0.2) is 0 Å². The number of nitro benzene ring substituents is 1. The van der Waals surface area contributed by atoms with Crippen molar-refractivity contribution >= 4 is 11.7 Å². The van der Waals surface area contributed by atoms with Gasteiger partial charge in [0.25, 0.3) is 0 Å². The van der Waals surface area contributed by atoms with Crippen molar-refractivity contribution in [2.75, 3.05) is 0 Å². The Morgan fingerprint density at radius 1 is 1.19 bits per heavy atom. The zero-order valence-electron chi connectivity index (χ0n) is 10.7. The summed E-state index contributed by atoms with van der Waals surface area (Å²) >= 11 is 0. The maximum Gasteiger partial charge on any atom is 0.335 e. The highest BCUT2D eigenvalue weighted by molar-refractivity contribution is 5.88. The number of nitrogens with zero attached hydrogens (tertiary/aromatic N) is 1. The van der Waals surface area contributed by atoms with Crippen LogP contribution in [0.2, 0.25) is 0 Å². The van der Waals surface area contributed by atoms with E-state index in [0.717, 1.165) is 6.07 Å². The summed E-state index contributed by atoms with van der Waals surface area (Å²) in [6.45, 7) is -0.117. The third-order valence-corrected chi connectivity index (χ3v) is 2.74. The lowest BCUT2D eigenvalue weighted by Crippen LogP contribution is -2.00. The number of hydrogen-bond acceptors (Lipinski definition) is 5. The second kappa shape index (κ2) is 6.02. The molecule has 0 aliphatic heterocycles. The molecule has 0 amide bonds. The largest absolute Gasteiger partial charge is 0.478 e. The quantitative estimate of drug-likeness (QED) is 0.646. The van der Waals surface area contributed by atoms with Crippen molar-refractivity contribution in [1.82, 2.24) is 0 Å². The first kappa shape index (κ1) is 14.5. The van der Waals surface area contributed by atoms with E-state index in [4.69, 9.17) is 14.9 Å². The Balaban J connectivity index is 2.34. The van der Waals surface area contributed by atoms with Gasteiger partial charge < -0.3 is 14.9 Å². The van der Waals surface area contributed by atoms with Crippen molar-refractivity contribution in [2.24, 2.45) is 0 Å². The first-order chi connectivity index (χ1) is 10.0. The normalized spacial score (nSPS) is 10.1. The molecule has 0 bridgehead atoms. The Bertz CT molecular complexity index is 680. The predicted molar refractivity (Wildman–Crippen MR) is 72.5 cm³/mol. The first-order valence-corrected chi connectivity index (χ1v) is 5.90. The average Bonchev–Trinajstić information content (AvgIpc) is 2.48. The minimum atomic E-state index is -1.25. The zero-order valence-corrected chi connectivity index (χ0v) is 10.7. The number of rotatable bonds is 5. The van der Waals surface area contributed by atoms with Gasteiger partial charge in [0.05, 0.1) is 17.1 Å². The predicted octanol–water partition coefficient (Wildman–Crippen LogP) is 2.58. The molecule has 0 aromatic heterocycles. The van der Waals surface area contributed by atoms with Crippen molar-refractivity contribution < 1.29 is 24.7 Å². The minimum Gasteiger partial charge on any atom is -0.478 e. The zero-order chi connectivity index (χ0) is 15.4. The highest BCUT2D eigenvalue weighted by Crippen LogP contribution is 2.32. The minimum absolute atomic E-state index is 0.0539. The number of aliphatic hydroxyl groups is 1. The summed E-state index contributed by atoms with van der Waals surface area (Å²) in [6.07, 6.45) is 0. The van der Waals surface area contributed by atoms with Crippen molar-refractivity contribution in [3.05, 3.63) is 63.7 Å². The van der Waals surface area contributed by atoms with Crippen LogP contribution in [0.15, 0.2) is 42.5 Å². The number of hydrogen-bond donors (Lipinski definition) is 2. The highest BCUT2D eigenvalue weighted by atomic mass is 16.6. The molecule has 0 spiro atoms. The summed E-state index contributed by atoms with van der Waals surface area (Å²) in [6, 6.07) is 9.76. The number of carbonyl (C=O) groups is 1. The van der Waals surface area contributed by atoms with E-state index < -0.39 is 16.6 Å². The number of nitro groups is 1. The molecule has 7 nitrogen and oxygen atoms in total. The average molecular weight is 289 g/mol. The number of carboxylic acid groups (broad SMARTS) is 1. The fraction of sp³-hybridized carbons (Fsp3) is 0.0714. The van der Waals surface area contributed by atoms with Gasteiger partial charge in [-0.25, -0.2) is 4.79 Å². The third kappa shape index (κ3) is 3.34. The maximum absolute atomic E-state index is 11.0. The van der Waals surface area contributed by atoms with Crippen molar-refractivity contribution in [3.63, 3.8) is 0 Å². The summed E-state index contributed by atoms with van der Waals surface area (Å²) in [5, 5.41) is 28.8. The SMILES string of the molecule is O=C(O)c1ccc(Oc2ccc(CO)cc2)c([N+](=O)[O-])c1. The van der Waals surface area contributed by atoms with Crippen molar-refractivity contribution in [3.8, 4) is 11.5 Å². The van der Waals surface area contributed by atoms with Gasteiger partial charge in [-0.3, -0.25) is 10.1 Å². The van der Waals surface area contributed by atoms with Crippen molar-refractivity contribution in [1.29, 1.82) is 0 Å². The van der Waals surface area contributed by atoms with Gasteiger partial charge in [0, 0.05) is 6.07 Å². The molecule has 2 N–H and O–H groups in total. The van der Waals surface area contributed by atoms with Crippen LogP contribution in [0.25, 0.3) is 0 Å². The van der Waals surface area contributed by atoms with E-state index >= 15 is 0 Å². The second-order valence-corrected chi connectivity index (χ2v) is 4.15. The summed E-state index contributed by atoms with van der Waals surface area (Å²) in [5.41, 5.74) is 0.0592. The third-order valence-electron chi connectivity index (χ3n) is 2.74. The first-order valence-electron chi connectivity index (χ1n) is 5.90. The molecule has 0 fully saturated rings. The van der Waals surface area contributed by atoms with Crippen molar-refractivity contribution in [2.45, 2.75) is 6.61 Å². The molecule has 0 unspecified atom stereocenters. The molecule has 0 aliphatic carbocycles. The number of carboxylic acids is 1. The molecule has 0 aliphatic rings. The lowest BCUT2D eigenvalue weighted by atomic mass is 10.2. The van der Waals surface area contributed by atoms with E-state index in [1.54, 1.807) is 24.3 Å². The van der Waals surface area contributed by atoms with Crippen LogP contribution in [-0.4, -0.2) is 21.1 Å². The van der Waals surface area contributed by atoms with E-state index in [0.29, 0.717) is 11.3 Å². The smallest absolute Gasteiger partial charge is 0.335 e. The van der Waals surface area contributed by atoms with Gasteiger partial charge in [-0.05, 0) is 29.8 Å². The fourth-order valence-corrected chi connectivity index (χ4v) is 1.67. The molecule has 0 radical (unpaired) electrons. The molecule has 2 aromatic carbocycles. The number of aromatic carboxylic acids is 1. The standard InChI is InChI=1S/C14H11NO6/c16-8-9-1-4-11(5-2-9)21-13-6-3-10(14(17)18)7-12(13)15(19)20/h1-7,16H,8H2,(H,17,18). The Morgan fingerprint density at radius 2 is 1.86 bits per heavy atom. The molecule has 7 heteroatoms. The lowest BCUT2D eigenvalue weighted by Gasteiger charge is -2.07. The van der Waals surface area contributed by atoms with E-state index in [1.807, 2.05) is 0 Å². The van der Waals surface area contributed by atoms with E-state index in [9.17, 15) is 14.9 Å². The topological polar surface area (TPSA) is 110 Å². The van der Waals surface area contributed by atoms with E-state index in [1.165, 1.54) is 12.1 Å². The van der Waals surface area contributed by atoms with Crippen LogP contribution < -0.4 is 4.74 Å². The Kier molecular flexibility index (Phi) is 4.15. The molecule has 2 aromatic rings. The van der Waals surface area contributed by atoms with Crippen LogP contribution in [0, 0.1) is 10.1 Å². The summed E-state index contributed by atoms with van der Waals surface area (Å²) in [5.74, 6) is -0.961. The molecule has 0 saturated carbocycles. The van der Waals surface area contributed by atoms with Crippen LogP contribution in [0.5, 0.6) is 11.5 Å². The molecule has 108 valence electrons. The number of aliphatic hydroxyl groups excluding tert-OH is 1. The summed E-state index contributed by atoms with van der Waals surface area (Å²) < 4.78 is 5.39. The van der Waals surface area contributed by atoms with Gasteiger partial charge in [0.2, 0.25) is 5.75 Å². The van der Waals surface area contributed by atoms with Gasteiger partial charge >= 0.3 is 11.7 Å². The molecule has 0 saturated heterocycles. The summed E-state index contributed by atoms with van der Waals surface area (Å²) in [4.78, 5) is 21.1. The highest BCUT2D eigenvalue weighted by Gasteiger charge is 2.19. The van der Waals surface area contributed by atoms with Crippen LogP contribution in [0.1, 0.15) is 15.9 Å². The fourth-order valence-electron chi connectivity index (χ4n) is 1.67. The monoisotopic (exact) mass is 289 g/mol. The Hall–Kier alpha value is -2.93.